The molecule has 0 aliphatic carbocycles. The van der Waals surface area contributed by atoms with Crippen molar-refractivity contribution in [2.45, 2.75) is 38.6 Å². The number of benzene rings is 1. The molecule has 28 heavy (non-hydrogen) atoms. The van der Waals surface area contributed by atoms with Gasteiger partial charge in [-0.2, -0.15) is 0 Å². The summed E-state index contributed by atoms with van der Waals surface area (Å²) in [6.07, 6.45) is 1.48. The normalized spacial score (nSPS) is 14.5. The quantitative estimate of drug-likeness (QED) is 0.640. The Morgan fingerprint density at radius 1 is 1.18 bits per heavy atom. The number of hydrogen-bond donors (Lipinski definition) is 1. The fourth-order valence-corrected chi connectivity index (χ4v) is 3.31. The van der Waals surface area contributed by atoms with Crippen LogP contribution in [0.25, 0.3) is 0 Å². The molecule has 0 bridgehead atoms. The molecule has 0 saturated carbocycles. The number of esters is 1. The van der Waals surface area contributed by atoms with E-state index < -0.39 is 0 Å². The molecule has 154 valence electrons. The van der Waals surface area contributed by atoms with Gasteiger partial charge in [0.2, 0.25) is 5.91 Å². The van der Waals surface area contributed by atoms with E-state index in [0.717, 1.165) is 0 Å². The molecule has 7 nitrogen and oxygen atoms in total. The summed E-state index contributed by atoms with van der Waals surface area (Å²) in [5, 5.41) is 3.75. The molecule has 1 aromatic carbocycles. The summed E-state index contributed by atoms with van der Waals surface area (Å²) >= 11 is 11.9. The smallest absolute Gasteiger partial charge is 0.306 e. The van der Waals surface area contributed by atoms with E-state index in [4.69, 9.17) is 32.7 Å². The second-order valence-electron chi connectivity index (χ2n) is 6.39. The largest absolute Gasteiger partial charge is 0.482 e. The molecule has 0 atom stereocenters. The highest BCUT2D eigenvalue weighted by molar-refractivity contribution is 6.35. The third-order valence-corrected chi connectivity index (χ3v) is 4.85. The van der Waals surface area contributed by atoms with Crippen molar-refractivity contribution in [3.8, 4) is 5.75 Å². The molecular weight excluding hydrogens is 407 g/mol. The SMILES string of the molecule is CCOC(=O)CCC(=O)NC1CCN(C(=O)COc2ccc(Cl)cc2Cl)CC1. The molecule has 0 spiro atoms. The number of nitrogens with zero attached hydrogens (tertiary/aromatic N) is 1. The van der Waals surface area contributed by atoms with Gasteiger partial charge in [-0.15, -0.1) is 0 Å². The molecule has 1 N–H and O–H groups in total. The van der Waals surface area contributed by atoms with E-state index in [9.17, 15) is 14.4 Å². The van der Waals surface area contributed by atoms with Crippen molar-refractivity contribution in [1.29, 1.82) is 0 Å². The number of rotatable bonds is 8. The third kappa shape index (κ3) is 7.20. The highest BCUT2D eigenvalue weighted by Gasteiger charge is 2.24. The van der Waals surface area contributed by atoms with Crippen molar-refractivity contribution in [1.82, 2.24) is 10.2 Å². The maximum Gasteiger partial charge on any atom is 0.306 e. The lowest BCUT2D eigenvalue weighted by atomic mass is 10.0. The molecule has 0 radical (unpaired) electrons. The number of piperidine rings is 1. The lowest BCUT2D eigenvalue weighted by molar-refractivity contribution is -0.144. The zero-order valence-corrected chi connectivity index (χ0v) is 17.2. The van der Waals surface area contributed by atoms with E-state index in [-0.39, 0.29) is 43.3 Å². The summed E-state index contributed by atoms with van der Waals surface area (Å²) in [5.41, 5.74) is 0. The van der Waals surface area contributed by atoms with Gasteiger partial charge in [-0.05, 0) is 38.0 Å². The monoisotopic (exact) mass is 430 g/mol. The van der Waals surface area contributed by atoms with Crippen molar-refractivity contribution in [3.63, 3.8) is 0 Å². The molecule has 9 heteroatoms. The van der Waals surface area contributed by atoms with Crippen molar-refractivity contribution in [2.75, 3.05) is 26.3 Å². The van der Waals surface area contributed by atoms with Crippen LogP contribution in [0.5, 0.6) is 5.75 Å². The molecule has 1 aromatic rings. The van der Waals surface area contributed by atoms with Gasteiger partial charge in [0.15, 0.2) is 6.61 Å². The lowest BCUT2D eigenvalue weighted by Crippen LogP contribution is -2.47. The third-order valence-electron chi connectivity index (χ3n) is 4.32. The minimum absolute atomic E-state index is 0.00891. The Balaban J connectivity index is 1.68. The Morgan fingerprint density at radius 3 is 2.54 bits per heavy atom. The zero-order valence-electron chi connectivity index (χ0n) is 15.7. The number of hydrogen-bond acceptors (Lipinski definition) is 5. The maximum absolute atomic E-state index is 12.3. The van der Waals surface area contributed by atoms with Crippen molar-refractivity contribution < 1.29 is 23.9 Å². The van der Waals surface area contributed by atoms with Gasteiger partial charge in [-0.1, -0.05) is 23.2 Å². The summed E-state index contributed by atoms with van der Waals surface area (Å²) < 4.78 is 10.3. The molecular formula is C19H24Cl2N2O5. The predicted octanol–water partition coefficient (Wildman–Crippen LogP) is 2.82. The van der Waals surface area contributed by atoms with E-state index >= 15 is 0 Å². The second-order valence-corrected chi connectivity index (χ2v) is 7.23. The number of carbonyl (C=O) groups is 3. The Labute approximate surface area is 174 Å². The number of nitrogens with one attached hydrogen (secondary N) is 1. The molecule has 1 aliphatic heterocycles. The van der Waals surface area contributed by atoms with E-state index in [1.165, 1.54) is 0 Å². The summed E-state index contributed by atoms with van der Waals surface area (Å²) in [6, 6.07) is 4.81. The first-order valence-electron chi connectivity index (χ1n) is 9.19. The van der Waals surface area contributed by atoms with Crippen LogP contribution >= 0.6 is 23.2 Å². The first-order chi connectivity index (χ1) is 13.4. The highest BCUT2D eigenvalue weighted by atomic mass is 35.5. The van der Waals surface area contributed by atoms with Gasteiger partial charge in [0.25, 0.3) is 5.91 Å². The summed E-state index contributed by atoms with van der Waals surface area (Å²) in [5.74, 6) is -0.293. The van der Waals surface area contributed by atoms with Gasteiger partial charge < -0.3 is 19.7 Å². The summed E-state index contributed by atoms with van der Waals surface area (Å²) in [6.45, 7) is 2.97. The van der Waals surface area contributed by atoms with Gasteiger partial charge in [0, 0.05) is 30.6 Å². The average molecular weight is 431 g/mol. The number of ether oxygens (including phenoxy) is 2. The number of amides is 2. The van der Waals surface area contributed by atoms with E-state index in [0.29, 0.717) is 48.3 Å². The van der Waals surface area contributed by atoms with Crippen molar-refractivity contribution in [3.05, 3.63) is 28.2 Å². The van der Waals surface area contributed by atoms with Crippen LogP contribution in [0.3, 0.4) is 0 Å². The molecule has 0 aromatic heterocycles. The van der Waals surface area contributed by atoms with Crippen LogP contribution in [0, 0.1) is 0 Å². The topological polar surface area (TPSA) is 84.9 Å². The summed E-state index contributed by atoms with van der Waals surface area (Å²) in [7, 11) is 0. The highest BCUT2D eigenvalue weighted by Crippen LogP contribution is 2.27. The molecule has 1 saturated heterocycles. The Hall–Kier alpha value is -1.99. The Kier molecular flexibility index (Phi) is 8.86. The van der Waals surface area contributed by atoms with E-state index in [2.05, 4.69) is 5.32 Å². The number of carbonyl (C=O) groups excluding carboxylic acids is 3. The van der Waals surface area contributed by atoms with Crippen LogP contribution in [-0.2, 0) is 19.1 Å². The van der Waals surface area contributed by atoms with Gasteiger partial charge in [0.05, 0.1) is 18.1 Å². The van der Waals surface area contributed by atoms with Gasteiger partial charge in [0.1, 0.15) is 5.75 Å². The molecule has 1 aliphatic rings. The number of likely N-dealkylation sites (tertiary alicyclic amines) is 1. The lowest BCUT2D eigenvalue weighted by Gasteiger charge is -2.32. The van der Waals surface area contributed by atoms with Crippen molar-refractivity contribution >= 4 is 41.0 Å². The molecule has 1 heterocycles. The second kappa shape index (κ2) is 11.1. The van der Waals surface area contributed by atoms with Gasteiger partial charge in [-0.25, -0.2) is 0 Å². The molecule has 2 amide bonds. The van der Waals surface area contributed by atoms with Crippen LogP contribution in [0.2, 0.25) is 10.0 Å². The van der Waals surface area contributed by atoms with Crippen LogP contribution in [0.15, 0.2) is 18.2 Å². The molecule has 2 rings (SSSR count). The fourth-order valence-electron chi connectivity index (χ4n) is 2.84. The van der Waals surface area contributed by atoms with Gasteiger partial charge >= 0.3 is 5.97 Å². The average Bonchev–Trinajstić information content (AvgIpc) is 2.66. The maximum atomic E-state index is 12.3. The molecule has 1 fully saturated rings. The van der Waals surface area contributed by atoms with Crippen LogP contribution in [0.4, 0.5) is 0 Å². The van der Waals surface area contributed by atoms with Crippen LogP contribution in [0.1, 0.15) is 32.6 Å². The Bertz CT molecular complexity index is 706. The van der Waals surface area contributed by atoms with E-state index in [1.54, 1.807) is 30.0 Å². The fraction of sp³-hybridized carbons (Fsp3) is 0.526. The zero-order chi connectivity index (χ0) is 20.5. The minimum Gasteiger partial charge on any atom is -0.482 e. The first-order valence-corrected chi connectivity index (χ1v) is 9.95. The summed E-state index contributed by atoms with van der Waals surface area (Å²) in [4.78, 5) is 37.2. The van der Waals surface area contributed by atoms with Crippen molar-refractivity contribution in [2.24, 2.45) is 0 Å². The van der Waals surface area contributed by atoms with Gasteiger partial charge in [-0.3, -0.25) is 14.4 Å². The number of halogens is 2. The van der Waals surface area contributed by atoms with E-state index in [1.807, 2.05) is 0 Å². The first kappa shape index (κ1) is 22.3. The van der Waals surface area contributed by atoms with Crippen LogP contribution in [-0.4, -0.2) is 55.0 Å². The molecule has 0 unspecified atom stereocenters. The minimum atomic E-state index is -0.376. The predicted molar refractivity (Wildman–Crippen MR) is 106 cm³/mol. The Morgan fingerprint density at radius 2 is 1.89 bits per heavy atom. The van der Waals surface area contributed by atoms with Crippen LogP contribution < -0.4 is 10.1 Å². The standard InChI is InChI=1S/C19H24Cl2N2O5/c1-2-27-19(26)6-5-17(24)22-14-7-9-23(10-8-14)18(25)12-28-16-4-3-13(20)11-15(16)21/h3-4,11,14H,2,5-10,12H2,1H3,(H,22,24).